The van der Waals surface area contributed by atoms with Gasteiger partial charge in [0.05, 0.1) is 0 Å². The zero-order valence-corrected chi connectivity index (χ0v) is 8.07. The van der Waals surface area contributed by atoms with Crippen LogP contribution in [0.3, 0.4) is 0 Å². The van der Waals surface area contributed by atoms with Gasteiger partial charge in [-0.05, 0) is 0 Å². The van der Waals surface area contributed by atoms with Crippen molar-refractivity contribution < 1.29 is 32.8 Å². The monoisotopic (exact) mass is 248 g/mol. The van der Waals surface area contributed by atoms with E-state index in [1.807, 2.05) is 6.08 Å². The first-order valence-electron chi connectivity index (χ1n) is 3.22. The van der Waals surface area contributed by atoms with E-state index in [0.29, 0.717) is 0 Å². The van der Waals surface area contributed by atoms with Crippen molar-refractivity contribution in [3.05, 3.63) is 24.3 Å². The molecule has 0 atom stereocenters. The van der Waals surface area contributed by atoms with Gasteiger partial charge in [-0.15, -0.1) is 6.42 Å². The summed E-state index contributed by atoms with van der Waals surface area (Å²) >= 11 is 0. The van der Waals surface area contributed by atoms with Crippen LogP contribution in [0.25, 0.3) is 0 Å². The van der Waals surface area contributed by atoms with E-state index in [0.717, 1.165) is 6.42 Å². The van der Waals surface area contributed by atoms with Crippen LogP contribution in [0.2, 0.25) is 0 Å². The zero-order chi connectivity index (χ0) is 5.66. The van der Waals surface area contributed by atoms with Gasteiger partial charge in [-0.2, -0.15) is 6.08 Å². The number of rotatable bonds is 0. The molecule has 0 aliphatic heterocycles. The second-order valence-corrected chi connectivity index (χ2v) is 2.04. The Morgan fingerprint density at radius 3 is 2.80 bits per heavy atom. The molecule has 0 aromatic heterocycles. The van der Waals surface area contributed by atoms with E-state index < -0.39 is 0 Å². The third-order valence-electron chi connectivity index (χ3n) is 1.29. The van der Waals surface area contributed by atoms with Crippen molar-refractivity contribution in [2.75, 3.05) is 0 Å². The molecule has 0 N–H and O–H groups in total. The molecule has 0 amide bonds. The maximum absolute atomic E-state index is 3.18. The molecule has 0 saturated heterocycles. The van der Waals surface area contributed by atoms with Crippen LogP contribution in [0.15, 0.2) is 18.2 Å². The van der Waals surface area contributed by atoms with E-state index in [-0.39, 0.29) is 32.8 Å². The molecule has 0 fully saturated rings. The van der Waals surface area contributed by atoms with Gasteiger partial charge in [0.25, 0.3) is 0 Å². The minimum Gasteiger partial charge on any atom is -1.00 e. The topological polar surface area (TPSA) is 0 Å². The Morgan fingerprint density at radius 2 is 2.00 bits per heavy atom. The molecule has 1 rings (SSSR count). The molecule has 10 heavy (non-hydrogen) atoms. The summed E-state index contributed by atoms with van der Waals surface area (Å²) in [6.07, 6.45) is 14.5. The Hall–Kier alpha value is 0.432. The Labute approximate surface area is 82.8 Å². The number of hydrogen-bond donors (Lipinski definition) is 0. The van der Waals surface area contributed by atoms with Crippen LogP contribution in [-0.2, 0) is 20.4 Å². The minimum absolute atomic E-state index is 0. The summed E-state index contributed by atoms with van der Waals surface area (Å²) < 4.78 is 0. The second kappa shape index (κ2) is 9.43. The number of allylic oxidation sites excluding steroid dienone is 4. The van der Waals surface area contributed by atoms with Crippen LogP contribution in [0.1, 0.15) is 25.7 Å². The number of halogens is 1. The largest absolute Gasteiger partial charge is 2.00 e. The number of hydrogen-bond acceptors (Lipinski definition) is 0. The quantitative estimate of drug-likeness (QED) is 0.400. The fraction of sp³-hybridized carbons (Fsp3) is 0.500. The van der Waals surface area contributed by atoms with E-state index in [4.69, 9.17) is 0 Å². The van der Waals surface area contributed by atoms with Crippen molar-refractivity contribution in [1.29, 1.82) is 0 Å². The molecule has 1 aliphatic rings. The molecular formula is C8H11ClPd. The summed E-state index contributed by atoms with van der Waals surface area (Å²) in [6, 6.07) is 0. The smallest absolute Gasteiger partial charge is 1.00 e. The van der Waals surface area contributed by atoms with E-state index in [2.05, 4.69) is 18.2 Å². The van der Waals surface area contributed by atoms with Gasteiger partial charge in [-0.25, -0.2) is 12.2 Å². The SMILES string of the molecule is [C-]1=C/C=C\CCCC1.[Cl-].[Pd+2]. The Kier molecular flexibility index (Phi) is 12.3. The normalized spacial score (nSPS) is 19.2. The fourth-order valence-corrected chi connectivity index (χ4v) is 0.805. The van der Waals surface area contributed by atoms with Crippen molar-refractivity contribution in [1.82, 2.24) is 0 Å². The first kappa shape index (κ1) is 13.1. The van der Waals surface area contributed by atoms with Gasteiger partial charge in [-0.1, -0.05) is 19.3 Å². The molecule has 0 saturated carbocycles. The molecule has 1 aliphatic carbocycles. The van der Waals surface area contributed by atoms with Crippen LogP contribution in [0.5, 0.6) is 0 Å². The van der Waals surface area contributed by atoms with Gasteiger partial charge in [0.1, 0.15) is 0 Å². The molecule has 0 spiro atoms. The Balaban J connectivity index is 0. The third kappa shape index (κ3) is 6.55. The van der Waals surface area contributed by atoms with Crippen molar-refractivity contribution in [2.45, 2.75) is 25.7 Å². The first-order chi connectivity index (χ1) is 4.00. The van der Waals surface area contributed by atoms with Crippen LogP contribution in [-0.4, -0.2) is 0 Å². The van der Waals surface area contributed by atoms with Gasteiger partial charge < -0.3 is 12.4 Å². The standard InChI is InChI=1S/C8H11.ClH.Pd/c1-2-4-6-8-7-5-3-1;;/h1-3H,4,6-8H2;1H;/q-1;;+2/p-1/b2-1-;;. The van der Waals surface area contributed by atoms with Gasteiger partial charge in [0, 0.05) is 0 Å². The van der Waals surface area contributed by atoms with Crippen molar-refractivity contribution in [3.63, 3.8) is 0 Å². The molecule has 60 valence electrons. The summed E-state index contributed by atoms with van der Waals surface area (Å²) in [5.41, 5.74) is 0. The van der Waals surface area contributed by atoms with Crippen LogP contribution < -0.4 is 12.4 Å². The average Bonchev–Trinajstić information content (AvgIpc) is 1.62. The first-order valence-corrected chi connectivity index (χ1v) is 3.22. The Bertz CT molecular complexity index is 93.8. The summed E-state index contributed by atoms with van der Waals surface area (Å²) in [5, 5.41) is 0. The van der Waals surface area contributed by atoms with Crippen molar-refractivity contribution in [3.8, 4) is 0 Å². The zero-order valence-electron chi connectivity index (χ0n) is 5.75. The molecule has 2 heteroatoms. The van der Waals surface area contributed by atoms with E-state index >= 15 is 0 Å². The Morgan fingerprint density at radius 1 is 1.20 bits per heavy atom. The molecule has 0 radical (unpaired) electrons. The van der Waals surface area contributed by atoms with Crippen LogP contribution in [0.4, 0.5) is 0 Å². The summed E-state index contributed by atoms with van der Waals surface area (Å²) in [6.45, 7) is 0. The summed E-state index contributed by atoms with van der Waals surface area (Å²) in [7, 11) is 0. The van der Waals surface area contributed by atoms with E-state index in [9.17, 15) is 0 Å². The van der Waals surface area contributed by atoms with E-state index in [1.54, 1.807) is 0 Å². The molecule has 0 aromatic carbocycles. The molecule has 0 unspecified atom stereocenters. The van der Waals surface area contributed by atoms with Crippen LogP contribution in [0, 0.1) is 6.08 Å². The van der Waals surface area contributed by atoms with Gasteiger partial charge in [-0.3, -0.25) is 6.08 Å². The van der Waals surface area contributed by atoms with Gasteiger partial charge >= 0.3 is 20.4 Å². The van der Waals surface area contributed by atoms with Gasteiger partial charge in [0.15, 0.2) is 0 Å². The summed E-state index contributed by atoms with van der Waals surface area (Å²) in [4.78, 5) is 0. The van der Waals surface area contributed by atoms with Crippen molar-refractivity contribution in [2.24, 2.45) is 0 Å². The maximum atomic E-state index is 3.18. The molecule has 0 bridgehead atoms. The predicted octanol–water partition coefficient (Wildman–Crippen LogP) is -0.523. The second-order valence-electron chi connectivity index (χ2n) is 2.04. The van der Waals surface area contributed by atoms with Crippen LogP contribution >= 0.6 is 0 Å². The third-order valence-corrected chi connectivity index (χ3v) is 1.29. The fourth-order valence-electron chi connectivity index (χ4n) is 0.805. The van der Waals surface area contributed by atoms with Gasteiger partial charge in [0.2, 0.25) is 0 Å². The summed E-state index contributed by atoms with van der Waals surface area (Å²) in [5.74, 6) is 0. The molecular weight excluding hydrogens is 238 g/mol. The van der Waals surface area contributed by atoms with E-state index in [1.165, 1.54) is 19.3 Å². The molecule has 0 nitrogen and oxygen atoms in total. The predicted molar refractivity (Wildman–Crippen MR) is 35.4 cm³/mol. The maximum Gasteiger partial charge on any atom is 2.00 e. The average molecular weight is 249 g/mol. The molecule has 0 heterocycles. The minimum atomic E-state index is 0. The van der Waals surface area contributed by atoms with Crippen molar-refractivity contribution >= 4 is 0 Å². The molecule has 0 aromatic rings.